The van der Waals surface area contributed by atoms with Gasteiger partial charge in [-0.25, -0.2) is 0 Å². The molecule has 0 spiro atoms. The van der Waals surface area contributed by atoms with Crippen molar-refractivity contribution in [1.82, 2.24) is 9.78 Å². The van der Waals surface area contributed by atoms with Crippen molar-refractivity contribution in [3.63, 3.8) is 0 Å². The summed E-state index contributed by atoms with van der Waals surface area (Å²) in [5.74, 6) is 0. The fraction of sp³-hybridized carbons (Fsp3) is 0.250. The van der Waals surface area contributed by atoms with E-state index in [0.717, 1.165) is 10.2 Å². The lowest BCUT2D eigenvalue weighted by Crippen LogP contribution is -2.06. The van der Waals surface area contributed by atoms with Crippen LogP contribution in [0.15, 0.2) is 28.9 Å². The van der Waals surface area contributed by atoms with Crippen molar-refractivity contribution in [2.75, 3.05) is 5.32 Å². The highest BCUT2D eigenvalue weighted by Crippen LogP contribution is 2.30. The molecule has 0 saturated heterocycles. The summed E-state index contributed by atoms with van der Waals surface area (Å²) in [6.45, 7) is 2.27. The normalized spacial score (nSPS) is 10.5. The molecule has 1 N–H and O–H groups in total. The molecule has 0 fully saturated rings. The molecule has 0 aliphatic rings. The summed E-state index contributed by atoms with van der Waals surface area (Å²) in [5.41, 5.74) is 2.42. The van der Waals surface area contributed by atoms with Crippen LogP contribution in [0, 0.1) is 17.0 Å². The lowest BCUT2D eigenvalue weighted by molar-refractivity contribution is -0.385. The summed E-state index contributed by atoms with van der Waals surface area (Å²) in [6, 6.07) is 5.17. The second-order valence-electron chi connectivity index (χ2n) is 4.18. The molecule has 0 saturated carbocycles. The van der Waals surface area contributed by atoms with Crippen molar-refractivity contribution in [2.45, 2.75) is 13.5 Å². The summed E-state index contributed by atoms with van der Waals surface area (Å²) in [6.07, 6.45) is 1.71. The van der Waals surface area contributed by atoms with Crippen molar-refractivity contribution in [3.8, 4) is 0 Å². The number of hydrogen-bond donors (Lipinski definition) is 1. The average Bonchev–Trinajstić information content (AvgIpc) is 2.73. The summed E-state index contributed by atoms with van der Waals surface area (Å²) in [5, 5.41) is 18.2. The topological polar surface area (TPSA) is 73.0 Å². The summed E-state index contributed by atoms with van der Waals surface area (Å²) in [4.78, 5) is 10.5. The zero-order valence-corrected chi connectivity index (χ0v) is 12.1. The van der Waals surface area contributed by atoms with Crippen LogP contribution in [0.1, 0.15) is 11.3 Å². The van der Waals surface area contributed by atoms with Crippen LogP contribution in [0.25, 0.3) is 0 Å². The molecule has 0 unspecified atom stereocenters. The fourth-order valence-corrected chi connectivity index (χ4v) is 2.35. The van der Waals surface area contributed by atoms with Crippen LogP contribution in [0.5, 0.6) is 0 Å². The summed E-state index contributed by atoms with van der Waals surface area (Å²) in [7, 11) is 1.85. The Balaban J connectivity index is 2.23. The Bertz CT molecular complexity index is 624. The molecule has 0 bridgehead atoms. The van der Waals surface area contributed by atoms with E-state index >= 15 is 0 Å². The average molecular weight is 325 g/mol. The molecule has 19 heavy (non-hydrogen) atoms. The van der Waals surface area contributed by atoms with Gasteiger partial charge in [-0.15, -0.1) is 0 Å². The number of aryl methyl sites for hydroxylation is 2. The second kappa shape index (κ2) is 5.40. The number of hydrogen-bond acceptors (Lipinski definition) is 4. The van der Waals surface area contributed by atoms with Crippen LogP contribution >= 0.6 is 15.9 Å². The number of nitro groups is 1. The Hall–Kier alpha value is -1.89. The van der Waals surface area contributed by atoms with E-state index in [1.54, 1.807) is 23.9 Å². The Morgan fingerprint density at radius 2 is 2.26 bits per heavy atom. The molecule has 1 aromatic heterocycles. The minimum Gasteiger partial charge on any atom is -0.378 e. The molecule has 100 valence electrons. The van der Waals surface area contributed by atoms with E-state index in [-0.39, 0.29) is 10.6 Å². The Kier molecular flexibility index (Phi) is 3.84. The predicted octanol–water partition coefficient (Wildman–Crippen LogP) is 3.01. The Morgan fingerprint density at radius 3 is 2.84 bits per heavy atom. The van der Waals surface area contributed by atoms with Gasteiger partial charge in [0.05, 0.1) is 22.8 Å². The third-order valence-corrected chi connectivity index (χ3v) is 3.52. The zero-order chi connectivity index (χ0) is 14.0. The largest absolute Gasteiger partial charge is 0.378 e. The van der Waals surface area contributed by atoms with Crippen molar-refractivity contribution >= 4 is 27.3 Å². The smallest absolute Gasteiger partial charge is 0.274 e. The highest BCUT2D eigenvalue weighted by Gasteiger charge is 2.14. The first-order valence-electron chi connectivity index (χ1n) is 5.64. The van der Waals surface area contributed by atoms with Gasteiger partial charge >= 0.3 is 0 Å². The molecule has 0 amide bonds. The molecule has 2 rings (SSSR count). The van der Waals surface area contributed by atoms with Crippen LogP contribution in [0.3, 0.4) is 0 Å². The summed E-state index contributed by atoms with van der Waals surface area (Å²) >= 11 is 3.41. The zero-order valence-electron chi connectivity index (χ0n) is 10.6. The van der Waals surface area contributed by atoms with Crippen LogP contribution in [-0.4, -0.2) is 14.7 Å². The van der Waals surface area contributed by atoms with Gasteiger partial charge in [-0.2, -0.15) is 5.10 Å². The lowest BCUT2D eigenvalue weighted by atomic mass is 10.2. The molecule has 0 atom stereocenters. The molecule has 2 aromatic rings. The van der Waals surface area contributed by atoms with Crippen molar-refractivity contribution < 1.29 is 4.92 Å². The Labute approximate surface area is 118 Å². The van der Waals surface area contributed by atoms with Gasteiger partial charge in [-0.05, 0) is 35.0 Å². The number of benzene rings is 1. The monoisotopic (exact) mass is 324 g/mol. The van der Waals surface area contributed by atoms with Gasteiger partial charge in [0.25, 0.3) is 5.69 Å². The molecule has 0 aliphatic carbocycles. The van der Waals surface area contributed by atoms with E-state index < -0.39 is 0 Å². The van der Waals surface area contributed by atoms with Crippen molar-refractivity contribution in [1.29, 1.82) is 0 Å². The summed E-state index contributed by atoms with van der Waals surface area (Å²) < 4.78 is 2.56. The van der Waals surface area contributed by atoms with E-state index in [1.165, 1.54) is 6.07 Å². The third kappa shape index (κ3) is 2.93. The highest BCUT2D eigenvalue weighted by molar-refractivity contribution is 9.10. The van der Waals surface area contributed by atoms with Crippen LogP contribution in [-0.2, 0) is 13.6 Å². The Morgan fingerprint density at radius 1 is 1.53 bits per heavy atom. The molecule has 7 heteroatoms. The van der Waals surface area contributed by atoms with Gasteiger partial charge in [-0.1, -0.05) is 0 Å². The number of nitrogens with zero attached hydrogens (tertiary/aromatic N) is 3. The van der Waals surface area contributed by atoms with Gasteiger partial charge in [-0.3, -0.25) is 14.8 Å². The fourth-order valence-electron chi connectivity index (χ4n) is 1.75. The SMILES string of the molecule is Cc1cc(Br)c(NCc2ccnn2C)cc1[N+](=O)[O-]. The quantitative estimate of drug-likeness (QED) is 0.693. The highest BCUT2D eigenvalue weighted by atomic mass is 79.9. The third-order valence-electron chi connectivity index (χ3n) is 2.86. The van der Waals surface area contributed by atoms with Gasteiger partial charge in [0.15, 0.2) is 0 Å². The van der Waals surface area contributed by atoms with E-state index in [2.05, 4.69) is 26.3 Å². The molecular formula is C12H13BrN4O2. The van der Waals surface area contributed by atoms with Crippen LogP contribution in [0.2, 0.25) is 0 Å². The van der Waals surface area contributed by atoms with Crippen LogP contribution < -0.4 is 5.32 Å². The molecular weight excluding hydrogens is 312 g/mol. The first kappa shape index (κ1) is 13.5. The number of nitrogens with one attached hydrogen (secondary N) is 1. The van der Waals surface area contributed by atoms with Gasteiger partial charge in [0.1, 0.15) is 0 Å². The molecule has 0 aliphatic heterocycles. The van der Waals surface area contributed by atoms with Crippen molar-refractivity contribution in [3.05, 3.63) is 50.2 Å². The van der Waals surface area contributed by atoms with Crippen molar-refractivity contribution in [2.24, 2.45) is 7.05 Å². The molecule has 6 nitrogen and oxygen atoms in total. The minimum atomic E-state index is -0.378. The first-order valence-corrected chi connectivity index (χ1v) is 6.43. The van der Waals surface area contributed by atoms with Gasteiger partial charge < -0.3 is 5.32 Å². The van der Waals surface area contributed by atoms with E-state index in [9.17, 15) is 10.1 Å². The number of halogens is 1. The second-order valence-corrected chi connectivity index (χ2v) is 5.03. The molecule has 1 aromatic carbocycles. The van der Waals surface area contributed by atoms with E-state index in [4.69, 9.17) is 0 Å². The molecule has 1 heterocycles. The maximum absolute atomic E-state index is 10.9. The van der Waals surface area contributed by atoms with Crippen LogP contribution in [0.4, 0.5) is 11.4 Å². The molecule has 0 radical (unpaired) electrons. The van der Waals surface area contributed by atoms with E-state index in [0.29, 0.717) is 17.8 Å². The number of aromatic nitrogens is 2. The first-order chi connectivity index (χ1) is 8.99. The maximum Gasteiger partial charge on any atom is 0.274 e. The number of nitro benzene ring substituents is 1. The van der Waals surface area contributed by atoms with E-state index in [1.807, 2.05) is 13.1 Å². The number of anilines is 1. The predicted molar refractivity (Wildman–Crippen MR) is 76.1 cm³/mol. The standard InChI is InChI=1S/C12H13BrN4O2/c1-8-5-10(13)11(6-12(8)17(18)19)14-7-9-3-4-15-16(9)2/h3-6,14H,7H2,1-2H3. The van der Waals surface area contributed by atoms with Gasteiger partial charge in [0, 0.05) is 29.3 Å². The maximum atomic E-state index is 10.9. The lowest BCUT2D eigenvalue weighted by Gasteiger charge is -2.10. The minimum absolute atomic E-state index is 0.107. The van der Waals surface area contributed by atoms with Gasteiger partial charge in [0.2, 0.25) is 0 Å². The number of rotatable bonds is 4.